The molecule has 0 radical (unpaired) electrons. The van der Waals surface area contributed by atoms with Crippen LogP contribution < -0.4 is 5.32 Å². The summed E-state index contributed by atoms with van der Waals surface area (Å²) in [6.45, 7) is 8.90. The molecule has 0 amide bonds. The Balaban J connectivity index is 1.87. The van der Waals surface area contributed by atoms with E-state index >= 15 is 0 Å². The van der Waals surface area contributed by atoms with Crippen LogP contribution in [0.3, 0.4) is 0 Å². The van der Waals surface area contributed by atoms with Crippen LogP contribution in [0.5, 0.6) is 0 Å². The average molecular weight is 278 g/mol. The summed E-state index contributed by atoms with van der Waals surface area (Å²) in [6.07, 6.45) is 5.17. The van der Waals surface area contributed by atoms with Crippen molar-refractivity contribution in [2.24, 2.45) is 0 Å². The number of rotatable bonds is 7. The first-order valence-electron chi connectivity index (χ1n) is 7.37. The molecular weight excluding hydrogens is 252 g/mol. The Kier molecular flexibility index (Phi) is 5.83. The molecule has 0 saturated heterocycles. The van der Waals surface area contributed by atoms with Crippen molar-refractivity contribution in [3.63, 3.8) is 0 Å². The quantitative estimate of drug-likeness (QED) is 0.778. The third kappa shape index (κ3) is 4.47. The van der Waals surface area contributed by atoms with Crippen LogP contribution in [0.4, 0.5) is 0 Å². The molecule has 0 bridgehead atoms. The van der Waals surface area contributed by atoms with Crippen LogP contribution in [0.15, 0.2) is 28.4 Å². The van der Waals surface area contributed by atoms with E-state index in [0.29, 0.717) is 6.04 Å². The van der Waals surface area contributed by atoms with Gasteiger partial charge in [-0.15, -0.1) is 0 Å². The average Bonchev–Trinajstić information content (AvgIpc) is 2.86. The van der Waals surface area contributed by atoms with Gasteiger partial charge in [0.05, 0.1) is 19.4 Å². The maximum Gasteiger partial charge on any atom is 0.122 e. The standard InChI is InChI=1S/C16H26N2O2/c1-13(2)17-10-15-6-9-20-16(15)11-18-7-4-14(5-8-18)12-19-3/h4,6,9,13,17H,5,7-8,10-12H2,1-3H3. The highest BCUT2D eigenvalue weighted by atomic mass is 16.5. The molecule has 0 atom stereocenters. The van der Waals surface area contributed by atoms with Crippen LogP contribution in [-0.2, 0) is 17.8 Å². The smallest absolute Gasteiger partial charge is 0.122 e. The fourth-order valence-electron chi connectivity index (χ4n) is 2.39. The van der Waals surface area contributed by atoms with E-state index in [9.17, 15) is 0 Å². The molecule has 1 aliphatic rings. The summed E-state index contributed by atoms with van der Waals surface area (Å²) in [5, 5.41) is 3.44. The fourth-order valence-corrected chi connectivity index (χ4v) is 2.39. The molecule has 0 aromatic carbocycles. The Bertz CT molecular complexity index is 437. The zero-order chi connectivity index (χ0) is 14.4. The lowest BCUT2D eigenvalue weighted by molar-refractivity contribution is 0.206. The van der Waals surface area contributed by atoms with Gasteiger partial charge < -0.3 is 14.5 Å². The molecule has 1 N–H and O–H groups in total. The van der Waals surface area contributed by atoms with Gasteiger partial charge in [0, 0.05) is 38.3 Å². The van der Waals surface area contributed by atoms with E-state index in [-0.39, 0.29) is 0 Å². The van der Waals surface area contributed by atoms with Crippen LogP contribution in [-0.4, -0.2) is 37.7 Å². The van der Waals surface area contributed by atoms with Gasteiger partial charge in [0.2, 0.25) is 0 Å². The Morgan fingerprint density at radius 1 is 1.45 bits per heavy atom. The first-order valence-corrected chi connectivity index (χ1v) is 7.37. The summed E-state index contributed by atoms with van der Waals surface area (Å²) in [7, 11) is 1.75. The summed E-state index contributed by atoms with van der Waals surface area (Å²) >= 11 is 0. The molecule has 2 heterocycles. The Morgan fingerprint density at radius 2 is 2.30 bits per heavy atom. The van der Waals surface area contributed by atoms with Gasteiger partial charge in [-0.2, -0.15) is 0 Å². The van der Waals surface area contributed by atoms with Crippen LogP contribution in [0, 0.1) is 0 Å². The predicted octanol–water partition coefficient (Wildman–Crippen LogP) is 2.56. The molecule has 1 aromatic rings. The highest BCUT2D eigenvalue weighted by Crippen LogP contribution is 2.17. The van der Waals surface area contributed by atoms with Crippen molar-refractivity contribution in [3.05, 3.63) is 35.3 Å². The van der Waals surface area contributed by atoms with Crippen molar-refractivity contribution in [2.75, 3.05) is 26.8 Å². The SMILES string of the molecule is COCC1=CCN(Cc2occc2CNC(C)C)CC1. The van der Waals surface area contributed by atoms with E-state index in [1.54, 1.807) is 13.4 Å². The molecule has 0 saturated carbocycles. The third-order valence-corrected chi connectivity index (χ3v) is 3.62. The molecule has 0 spiro atoms. The summed E-state index contributed by atoms with van der Waals surface area (Å²) in [4.78, 5) is 2.41. The second-order valence-corrected chi connectivity index (χ2v) is 5.69. The van der Waals surface area contributed by atoms with Crippen molar-refractivity contribution < 1.29 is 9.15 Å². The van der Waals surface area contributed by atoms with Crippen LogP contribution in [0.25, 0.3) is 0 Å². The normalized spacial score (nSPS) is 16.7. The van der Waals surface area contributed by atoms with Gasteiger partial charge in [0.15, 0.2) is 0 Å². The largest absolute Gasteiger partial charge is 0.468 e. The van der Waals surface area contributed by atoms with Crippen molar-refractivity contribution in [2.45, 2.75) is 39.4 Å². The van der Waals surface area contributed by atoms with Gasteiger partial charge >= 0.3 is 0 Å². The number of hydrogen-bond acceptors (Lipinski definition) is 4. The summed E-state index contributed by atoms with van der Waals surface area (Å²) in [6, 6.07) is 2.56. The Hall–Kier alpha value is -1.10. The summed E-state index contributed by atoms with van der Waals surface area (Å²) in [5.74, 6) is 1.08. The number of nitrogens with zero attached hydrogens (tertiary/aromatic N) is 1. The van der Waals surface area contributed by atoms with Crippen LogP contribution >= 0.6 is 0 Å². The number of nitrogens with one attached hydrogen (secondary N) is 1. The topological polar surface area (TPSA) is 37.6 Å². The zero-order valence-corrected chi connectivity index (χ0v) is 12.8. The monoisotopic (exact) mass is 278 g/mol. The van der Waals surface area contributed by atoms with Gasteiger partial charge in [0.25, 0.3) is 0 Å². The molecule has 0 fully saturated rings. The van der Waals surface area contributed by atoms with Crippen LogP contribution in [0.2, 0.25) is 0 Å². The van der Waals surface area contributed by atoms with Gasteiger partial charge in [-0.1, -0.05) is 19.9 Å². The number of methoxy groups -OCH3 is 1. The first-order chi connectivity index (χ1) is 9.69. The summed E-state index contributed by atoms with van der Waals surface area (Å²) in [5.41, 5.74) is 2.68. The van der Waals surface area contributed by atoms with Crippen molar-refractivity contribution >= 4 is 0 Å². The molecule has 4 nitrogen and oxygen atoms in total. The highest BCUT2D eigenvalue weighted by Gasteiger charge is 2.15. The Labute approximate surface area is 121 Å². The summed E-state index contributed by atoms with van der Waals surface area (Å²) < 4.78 is 10.8. The highest BCUT2D eigenvalue weighted by molar-refractivity contribution is 5.18. The molecule has 1 aromatic heterocycles. The minimum Gasteiger partial charge on any atom is -0.468 e. The maximum absolute atomic E-state index is 5.65. The Morgan fingerprint density at radius 3 is 2.95 bits per heavy atom. The van der Waals surface area contributed by atoms with Crippen molar-refractivity contribution in [1.82, 2.24) is 10.2 Å². The molecular formula is C16H26N2O2. The van der Waals surface area contributed by atoms with Gasteiger partial charge in [0.1, 0.15) is 5.76 Å². The van der Waals surface area contributed by atoms with E-state index in [1.807, 2.05) is 0 Å². The molecule has 20 heavy (non-hydrogen) atoms. The molecule has 112 valence electrons. The number of furan rings is 1. The maximum atomic E-state index is 5.65. The van der Waals surface area contributed by atoms with E-state index in [0.717, 1.165) is 45.0 Å². The van der Waals surface area contributed by atoms with Gasteiger partial charge in [-0.25, -0.2) is 0 Å². The lowest BCUT2D eigenvalue weighted by atomic mass is 10.1. The van der Waals surface area contributed by atoms with Crippen molar-refractivity contribution in [3.8, 4) is 0 Å². The number of hydrogen-bond donors (Lipinski definition) is 1. The molecule has 0 unspecified atom stereocenters. The van der Waals surface area contributed by atoms with Crippen molar-refractivity contribution in [1.29, 1.82) is 0 Å². The first kappa shape index (κ1) is 15.3. The van der Waals surface area contributed by atoms with E-state index < -0.39 is 0 Å². The third-order valence-electron chi connectivity index (χ3n) is 3.62. The van der Waals surface area contributed by atoms with Crippen LogP contribution in [0.1, 0.15) is 31.6 Å². The zero-order valence-electron chi connectivity index (χ0n) is 12.8. The minimum absolute atomic E-state index is 0.493. The molecule has 0 aliphatic carbocycles. The molecule has 4 heteroatoms. The lowest BCUT2D eigenvalue weighted by Crippen LogP contribution is -2.29. The van der Waals surface area contributed by atoms with Gasteiger partial charge in [-0.3, -0.25) is 4.90 Å². The van der Waals surface area contributed by atoms with E-state index in [1.165, 1.54) is 11.1 Å². The predicted molar refractivity (Wildman–Crippen MR) is 80.5 cm³/mol. The molecule has 1 aliphatic heterocycles. The number of ether oxygens (including phenoxy) is 1. The van der Waals surface area contributed by atoms with Gasteiger partial charge in [-0.05, 0) is 18.1 Å². The lowest BCUT2D eigenvalue weighted by Gasteiger charge is -2.25. The molecule has 2 rings (SSSR count). The second kappa shape index (κ2) is 7.62. The van der Waals surface area contributed by atoms with E-state index in [4.69, 9.17) is 9.15 Å². The second-order valence-electron chi connectivity index (χ2n) is 5.69. The minimum atomic E-state index is 0.493. The van der Waals surface area contributed by atoms with E-state index in [2.05, 4.69) is 36.2 Å². The fraction of sp³-hybridized carbons (Fsp3) is 0.625.